The first-order valence-electron chi connectivity index (χ1n) is 9.76. The fourth-order valence-electron chi connectivity index (χ4n) is 2.82. The number of hydrogen-bond acceptors (Lipinski definition) is 3. The molecule has 26 heavy (non-hydrogen) atoms. The van der Waals surface area contributed by atoms with Crippen LogP contribution < -0.4 is 0 Å². The zero-order valence-corrected chi connectivity index (χ0v) is 16.2. The molecule has 0 saturated heterocycles. The van der Waals surface area contributed by atoms with Gasteiger partial charge in [-0.15, -0.1) is 0 Å². The summed E-state index contributed by atoms with van der Waals surface area (Å²) in [7, 11) is 2.13. The molecular formula is C23H32N2O. The number of oxime groups is 1. The van der Waals surface area contributed by atoms with Gasteiger partial charge in [0.25, 0.3) is 0 Å². The molecular weight excluding hydrogens is 320 g/mol. The van der Waals surface area contributed by atoms with Crippen LogP contribution in [0, 0.1) is 0 Å². The van der Waals surface area contributed by atoms with Crippen LogP contribution in [0.5, 0.6) is 0 Å². The Morgan fingerprint density at radius 3 is 2.31 bits per heavy atom. The molecule has 0 aliphatic heterocycles. The standard InChI is InChI=1S/C23H32N2O/c1-3-25(2)19-12-20-26-24-23(22-16-8-5-9-17-22)18-11-10-15-21-13-6-4-7-14-21/h4-9,13-14,16-17H,3,10-12,15,18-20H2,1-2H3/b24-23+. The van der Waals surface area contributed by atoms with Gasteiger partial charge in [0.15, 0.2) is 0 Å². The van der Waals surface area contributed by atoms with E-state index in [1.807, 2.05) is 6.07 Å². The molecule has 0 fully saturated rings. The fourth-order valence-corrected chi connectivity index (χ4v) is 2.82. The molecule has 2 rings (SSSR count). The molecule has 0 spiro atoms. The Hall–Kier alpha value is -2.13. The van der Waals surface area contributed by atoms with Crippen LogP contribution in [0.15, 0.2) is 65.8 Å². The maximum atomic E-state index is 5.62. The first kappa shape index (κ1) is 20.2. The van der Waals surface area contributed by atoms with Crippen molar-refractivity contribution in [2.75, 3.05) is 26.7 Å². The second-order valence-corrected chi connectivity index (χ2v) is 6.68. The van der Waals surface area contributed by atoms with Crippen molar-refractivity contribution in [2.24, 2.45) is 5.16 Å². The summed E-state index contributed by atoms with van der Waals surface area (Å²) >= 11 is 0. The number of aryl methyl sites for hydroxylation is 1. The van der Waals surface area contributed by atoms with Gasteiger partial charge in [0, 0.05) is 6.54 Å². The molecule has 0 heterocycles. The molecule has 0 aliphatic carbocycles. The predicted molar refractivity (Wildman–Crippen MR) is 111 cm³/mol. The van der Waals surface area contributed by atoms with Gasteiger partial charge in [-0.2, -0.15) is 0 Å². The summed E-state index contributed by atoms with van der Waals surface area (Å²) < 4.78 is 0. The van der Waals surface area contributed by atoms with Crippen molar-refractivity contribution in [1.82, 2.24) is 4.90 Å². The molecule has 2 aromatic carbocycles. The third kappa shape index (κ3) is 7.83. The van der Waals surface area contributed by atoms with Crippen molar-refractivity contribution >= 4 is 5.71 Å². The van der Waals surface area contributed by atoms with Gasteiger partial charge in [-0.05, 0) is 56.8 Å². The van der Waals surface area contributed by atoms with Gasteiger partial charge in [-0.1, -0.05) is 72.7 Å². The molecule has 0 N–H and O–H groups in total. The molecule has 3 heteroatoms. The van der Waals surface area contributed by atoms with E-state index in [0.29, 0.717) is 6.61 Å². The first-order valence-corrected chi connectivity index (χ1v) is 9.76. The molecule has 0 unspecified atom stereocenters. The molecule has 0 bridgehead atoms. The molecule has 0 saturated carbocycles. The maximum Gasteiger partial charge on any atom is 0.118 e. The predicted octanol–water partition coefficient (Wildman–Crippen LogP) is 5.16. The third-order valence-electron chi connectivity index (χ3n) is 4.57. The van der Waals surface area contributed by atoms with Gasteiger partial charge >= 0.3 is 0 Å². The highest BCUT2D eigenvalue weighted by Crippen LogP contribution is 2.11. The Bertz CT molecular complexity index is 625. The second-order valence-electron chi connectivity index (χ2n) is 6.68. The zero-order chi connectivity index (χ0) is 18.5. The van der Waals surface area contributed by atoms with Crippen molar-refractivity contribution in [1.29, 1.82) is 0 Å². The van der Waals surface area contributed by atoms with Crippen molar-refractivity contribution < 1.29 is 4.84 Å². The van der Waals surface area contributed by atoms with E-state index in [4.69, 9.17) is 4.84 Å². The number of nitrogens with zero attached hydrogens (tertiary/aromatic N) is 2. The molecule has 0 atom stereocenters. The van der Waals surface area contributed by atoms with Gasteiger partial charge in [0.2, 0.25) is 0 Å². The van der Waals surface area contributed by atoms with Crippen molar-refractivity contribution in [3.63, 3.8) is 0 Å². The minimum atomic E-state index is 0.671. The quantitative estimate of drug-likeness (QED) is 0.299. The highest BCUT2D eigenvalue weighted by molar-refractivity contribution is 6.00. The topological polar surface area (TPSA) is 24.8 Å². The van der Waals surface area contributed by atoms with E-state index in [2.05, 4.69) is 78.6 Å². The maximum absolute atomic E-state index is 5.62. The molecule has 0 amide bonds. The van der Waals surface area contributed by atoms with Crippen LogP contribution in [0.3, 0.4) is 0 Å². The Balaban J connectivity index is 1.80. The van der Waals surface area contributed by atoms with E-state index in [0.717, 1.165) is 56.5 Å². The van der Waals surface area contributed by atoms with E-state index in [1.165, 1.54) is 5.56 Å². The Kier molecular flexibility index (Phi) is 9.52. The molecule has 0 aromatic heterocycles. The largest absolute Gasteiger partial charge is 0.396 e. The van der Waals surface area contributed by atoms with Crippen molar-refractivity contribution in [3.05, 3.63) is 71.8 Å². The van der Waals surface area contributed by atoms with Gasteiger partial charge in [0.1, 0.15) is 6.61 Å². The van der Waals surface area contributed by atoms with Crippen LogP contribution in [-0.4, -0.2) is 37.4 Å². The lowest BCUT2D eigenvalue weighted by Crippen LogP contribution is -2.19. The van der Waals surface area contributed by atoms with Gasteiger partial charge in [-0.3, -0.25) is 0 Å². The fraction of sp³-hybridized carbons (Fsp3) is 0.435. The summed E-state index contributed by atoms with van der Waals surface area (Å²) in [5.74, 6) is 0. The highest BCUT2D eigenvalue weighted by Gasteiger charge is 2.05. The minimum absolute atomic E-state index is 0.671. The summed E-state index contributed by atoms with van der Waals surface area (Å²) in [5, 5.41) is 4.46. The zero-order valence-electron chi connectivity index (χ0n) is 16.2. The number of rotatable bonds is 12. The van der Waals surface area contributed by atoms with Crippen LogP contribution in [0.2, 0.25) is 0 Å². The average molecular weight is 353 g/mol. The highest BCUT2D eigenvalue weighted by atomic mass is 16.6. The van der Waals surface area contributed by atoms with Gasteiger partial charge in [0.05, 0.1) is 5.71 Å². The van der Waals surface area contributed by atoms with E-state index < -0.39 is 0 Å². The van der Waals surface area contributed by atoms with E-state index in [-0.39, 0.29) is 0 Å². The minimum Gasteiger partial charge on any atom is -0.396 e. The van der Waals surface area contributed by atoms with Crippen LogP contribution in [0.1, 0.15) is 43.7 Å². The Morgan fingerprint density at radius 2 is 1.62 bits per heavy atom. The monoisotopic (exact) mass is 352 g/mol. The summed E-state index contributed by atoms with van der Waals surface area (Å²) in [6, 6.07) is 21.1. The lowest BCUT2D eigenvalue weighted by molar-refractivity contribution is 0.132. The van der Waals surface area contributed by atoms with Gasteiger partial charge < -0.3 is 9.74 Å². The molecule has 0 radical (unpaired) electrons. The first-order chi connectivity index (χ1) is 12.8. The van der Waals surface area contributed by atoms with E-state index in [1.54, 1.807) is 0 Å². The number of unbranched alkanes of at least 4 members (excludes halogenated alkanes) is 1. The molecule has 0 aliphatic rings. The van der Waals surface area contributed by atoms with Crippen LogP contribution in [-0.2, 0) is 11.3 Å². The molecule has 140 valence electrons. The van der Waals surface area contributed by atoms with E-state index >= 15 is 0 Å². The molecule has 2 aromatic rings. The number of hydrogen-bond donors (Lipinski definition) is 0. The molecule has 3 nitrogen and oxygen atoms in total. The SMILES string of the molecule is CCN(C)CCCO/N=C(\CCCCc1ccccc1)c1ccccc1. The second kappa shape index (κ2) is 12.3. The summed E-state index contributed by atoms with van der Waals surface area (Å²) in [6.45, 7) is 4.95. The normalized spacial score (nSPS) is 11.7. The lowest BCUT2D eigenvalue weighted by Gasteiger charge is -2.12. The Labute approximate surface area is 158 Å². The summed E-state index contributed by atoms with van der Waals surface area (Å²) in [4.78, 5) is 7.91. The van der Waals surface area contributed by atoms with Crippen LogP contribution >= 0.6 is 0 Å². The summed E-state index contributed by atoms with van der Waals surface area (Å²) in [5.41, 5.74) is 3.63. The van der Waals surface area contributed by atoms with Crippen molar-refractivity contribution in [2.45, 2.75) is 39.0 Å². The van der Waals surface area contributed by atoms with Crippen LogP contribution in [0.4, 0.5) is 0 Å². The van der Waals surface area contributed by atoms with Crippen molar-refractivity contribution in [3.8, 4) is 0 Å². The Morgan fingerprint density at radius 1 is 0.923 bits per heavy atom. The average Bonchev–Trinajstić information content (AvgIpc) is 2.70. The number of benzene rings is 2. The summed E-state index contributed by atoms with van der Waals surface area (Å²) in [6.07, 6.45) is 5.35. The third-order valence-corrected chi connectivity index (χ3v) is 4.57. The van der Waals surface area contributed by atoms with Crippen LogP contribution in [0.25, 0.3) is 0 Å². The lowest BCUT2D eigenvalue weighted by atomic mass is 10.0. The smallest absolute Gasteiger partial charge is 0.118 e. The van der Waals surface area contributed by atoms with E-state index in [9.17, 15) is 0 Å². The van der Waals surface area contributed by atoms with Gasteiger partial charge in [-0.25, -0.2) is 0 Å².